The lowest BCUT2D eigenvalue weighted by atomic mass is 10.2. The maximum absolute atomic E-state index is 12.3. The maximum atomic E-state index is 12.3. The van der Waals surface area contributed by atoms with E-state index in [4.69, 9.17) is 9.15 Å². The van der Waals surface area contributed by atoms with Crippen molar-refractivity contribution in [2.45, 2.75) is 10.9 Å². The van der Waals surface area contributed by atoms with Crippen LogP contribution < -0.4 is 5.56 Å². The van der Waals surface area contributed by atoms with Crippen LogP contribution in [-0.4, -0.2) is 22.6 Å². The zero-order valence-corrected chi connectivity index (χ0v) is 13.4. The van der Waals surface area contributed by atoms with Gasteiger partial charge in [-0.1, -0.05) is 23.9 Å². The number of hydrogen-bond donors (Lipinski definition) is 0. The fourth-order valence-corrected chi connectivity index (χ4v) is 3.12. The normalized spacial score (nSPS) is 10.9. The standard InChI is InChI=1S/C16H14N2O4S/c1-18-14(19)10-5-3-4-6-12(10)17-16(18)23-9-13-11(7-8-22-13)15(20)21-2/h3-8H,9H2,1-2H3. The van der Waals surface area contributed by atoms with E-state index >= 15 is 0 Å². The highest BCUT2D eigenvalue weighted by atomic mass is 32.2. The Labute approximate surface area is 136 Å². The molecular formula is C16H14N2O4S. The van der Waals surface area contributed by atoms with Crippen LogP contribution in [0.3, 0.4) is 0 Å². The second kappa shape index (κ2) is 6.29. The van der Waals surface area contributed by atoms with E-state index in [1.54, 1.807) is 25.2 Å². The molecule has 3 aromatic rings. The number of furan rings is 1. The van der Waals surface area contributed by atoms with E-state index in [2.05, 4.69) is 4.98 Å². The Bertz CT molecular complexity index is 929. The van der Waals surface area contributed by atoms with Crippen LogP contribution in [0.4, 0.5) is 0 Å². The summed E-state index contributed by atoms with van der Waals surface area (Å²) >= 11 is 1.33. The van der Waals surface area contributed by atoms with Crippen LogP contribution in [-0.2, 0) is 17.5 Å². The fourth-order valence-electron chi connectivity index (χ4n) is 2.20. The minimum Gasteiger partial charge on any atom is -0.468 e. The first-order valence-corrected chi connectivity index (χ1v) is 7.83. The number of benzene rings is 1. The fraction of sp³-hybridized carbons (Fsp3) is 0.188. The van der Waals surface area contributed by atoms with Crippen molar-refractivity contribution < 1.29 is 13.9 Å². The van der Waals surface area contributed by atoms with Crippen molar-refractivity contribution in [3.8, 4) is 0 Å². The van der Waals surface area contributed by atoms with Crippen molar-refractivity contribution >= 4 is 28.6 Å². The summed E-state index contributed by atoms with van der Waals surface area (Å²) in [4.78, 5) is 28.5. The first-order valence-electron chi connectivity index (χ1n) is 6.85. The van der Waals surface area contributed by atoms with Crippen molar-refractivity contribution in [3.63, 3.8) is 0 Å². The number of methoxy groups -OCH3 is 1. The van der Waals surface area contributed by atoms with Crippen LogP contribution in [0, 0.1) is 0 Å². The number of fused-ring (bicyclic) bond motifs is 1. The molecule has 2 aromatic heterocycles. The molecule has 0 bridgehead atoms. The van der Waals surface area contributed by atoms with E-state index in [0.717, 1.165) is 0 Å². The highest BCUT2D eigenvalue weighted by Crippen LogP contribution is 2.24. The summed E-state index contributed by atoms with van der Waals surface area (Å²) in [6.45, 7) is 0. The average molecular weight is 330 g/mol. The number of hydrogen-bond acceptors (Lipinski definition) is 6. The largest absolute Gasteiger partial charge is 0.468 e. The number of thioether (sulfide) groups is 1. The Balaban J connectivity index is 1.91. The van der Waals surface area contributed by atoms with Gasteiger partial charge in [-0.3, -0.25) is 9.36 Å². The van der Waals surface area contributed by atoms with Gasteiger partial charge in [-0.2, -0.15) is 0 Å². The Morgan fingerprint density at radius 1 is 1.35 bits per heavy atom. The lowest BCUT2D eigenvalue weighted by Gasteiger charge is -2.08. The minimum absolute atomic E-state index is 0.106. The summed E-state index contributed by atoms with van der Waals surface area (Å²) in [5.74, 6) is 0.412. The SMILES string of the molecule is COC(=O)c1ccoc1CSc1nc2ccccc2c(=O)n1C. The predicted molar refractivity (Wildman–Crippen MR) is 86.6 cm³/mol. The predicted octanol–water partition coefficient (Wildman–Crippen LogP) is 2.61. The molecule has 0 aliphatic heterocycles. The average Bonchev–Trinajstić information content (AvgIpc) is 3.04. The van der Waals surface area contributed by atoms with Crippen LogP contribution >= 0.6 is 11.8 Å². The number of ether oxygens (including phenoxy) is 1. The molecule has 2 heterocycles. The monoisotopic (exact) mass is 330 g/mol. The van der Waals surface area contributed by atoms with E-state index in [1.165, 1.54) is 29.7 Å². The maximum Gasteiger partial charge on any atom is 0.341 e. The van der Waals surface area contributed by atoms with E-state index in [1.807, 2.05) is 12.1 Å². The molecule has 118 valence electrons. The third-order valence-corrected chi connectivity index (χ3v) is 4.46. The second-order valence-corrected chi connectivity index (χ2v) is 5.76. The van der Waals surface area contributed by atoms with Gasteiger partial charge in [0.2, 0.25) is 0 Å². The molecule has 23 heavy (non-hydrogen) atoms. The van der Waals surface area contributed by atoms with Crippen LogP contribution in [0.1, 0.15) is 16.1 Å². The van der Waals surface area contributed by atoms with E-state index in [9.17, 15) is 9.59 Å². The number of carbonyl (C=O) groups is 1. The molecule has 0 saturated heterocycles. The number of aromatic nitrogens is 2. The van der Waals surface area contributed by atoms with Crippen LogP contribution in [0.5, 0.6) is 0 Å². The lowest BCUT2D eigenvalue weighted by molar-refractivity contribution is 0.0598. The Morgan fingerprint density at radius 2 is 2.13 bits per heavy atom. The smallest absolute Gasteiger partial charge is 0.341 e. The Morgan fingerprint density at radius 3 is 2.91 bits per heavy atom. The molecular weight excluding hydrogens is 316 g/mol. The lowest BCUT2D eigenvalue weighted by Crippen LogP contribution is -2.19. The molecule has 0 atom stereocenters. The van der Waals surface area contributed by atoms with Crippen molar-refractivity contribution in [2.75, 3.05) is 7.11 Å². The first-order chi connectivity index (χ1) is 11.1. The van der Waals surface area contributed by atoms with E-state index in [-0.39, 0.29) is 5.56 Å². The van der Waals surface area contributed by atoms with Gasteiger partial charge in [0, 0.05) is 7.05 Å². The molecule has 0 amide bonds. The molecule has 7 heteroatoms. The van der Waals surface area contributed by atoms with E-state index in [0.29, 0.717) is 33.1 Å². The van der Waals surface area contributed by atoms with Gasteiger partial charge in [-0.05, 0) is 18.2 Å². The molecule has 0 unspecified atom stereocenters. The zero-order valence-electron chi connectivity index (χ0n) is 12.6. The number of nitrogens with zero attached hydrogens (tertiary/aromatic N) is 2. The second-order valence-electron chi connectivity index (χ2n) is 4.81. The van der Waals surface area contributed by atoms with Gasteiger partial charge in [0.05, 0.1) is 30.0 Å². The van der Waals surface area contributed by atoms with E-state index < -0.39 is 5.97 Å². The molecule has 0 radical (unpaired) electrons. The molecule has 0 N–H and O–H groups in total. The molecule has 3 rings (SSSR count). The first kappa shape index (κ1) is 15.4. The summed E-state index contributed by atoms with van der Waals surface area (Å²) in [5, 5.41) is 1.13. The topological polar surface area (TPSA) is 74.3 Å². The number of esters is 1. The highest BCUT2D eigenvalue weighted by molar-refractivity contribution is 7.98. The molecule has 6 nitrogen and oxygen atoms in total. The van der Waals surface area contributed by atoms with Gasteiger partial charge in [0.1, 0.15) is 11.3 Å². The van der Waals surface area contributed by atoms with Crippen molar-refractivity contribution in [2.24, 2.45) is 7.05 Å². The summed E-state index contributed by atoms with van der Waals surface area (Å²) in [5.41, 5.74) is 0.919. The summed E-state index contributed by atoms with van der Waals surface area (Å²) in [6.07, 6.45) is 1.44. The van der Waals surface area contributed by atoms with Gasteiger partial charge in [-0.25, -0.2) is 9.78 Å². The third kappa shape index (κ3) is 2.87. The quantitative estimate of drug-likeness (QED) is 0.416. The van der Waals surface area contributed by atoms with Crippen LogP contribution in [0.15, 0.2) is 51.0 Å². The van der Waals surface area contributed by atoms with Crippen molar-refractivity contribution in [3.05, 3.63) is 58.3 Å². The summed E-state index contributed by atoms with van der Waals surface area (Å²) in [6, 6.07) is 8.76. The summed E-state index contributed by atoms with van der Waals surface area (Å²) in [7, 11) is 2.99. The molecule has 0 aliphatic rings. The third-order valence-electron chi connectivity index (χ3n) is 3.43. The number of rotatable bonds is 4. The Hall–Kier alpha value is -2.54. The van der Waals surface area contributed by atoms with Gasteiger partial charge in [0.15, 0.2) is 5.16 Å². The highest BCUT2D eigenvalue weighted by Gasteiger charge is 2.16. The van der Waals surface area contributed by atoms with Gasteiger partial charge in [0.25, 0.3) is 5.56 Å². The van der Waals surface area contributed by atoms with Crippen LogP contribution in [0.2, 0.25) is 0 Å². The van der Waals surface area contributed by atoms with Gasteiger partial charge in [-0.15, -0.1) is 0 Å². The molecule has 0 spiro atoms. The summed E-state index contributed by atoms with van der Waals surface area (Å²) < 4.78 is 11.5. The Kier molecular flexibility index (Phi) is 4.20. The number of carbonyl (C=O) groups excluding carboxylic acids is 1. The molecule has 0 saturated carbocycles. The van der Waals surface area contributed by atoms with Crippen LogP contribution in [0.25, 0.3) is 10.9 Å². The minimum atomic E-state index is -0.449. The zero-order chi connectivity index (χ0) is 16.4. The number of para-hydroxylation sites is 1. The van der Waals surface area contributed by atoms with Crippen molar-refractivity contribution in [1.29, 1.82) is 0 Å². The van der Waals surface area contributed by atoms with Gasteiger partial charge < -0.3 is 9.15 Å². The molecule has 0 aliphatic carbocycles. The molecule has 1 aromatic carbocycles. The van der Waals surface area contributed by atoms with Crippen molar-refractivity contribution in [1.82, 2.24) is 9.55 Å². The molecule has 0 fully saturated rings. The van der Waals surface area contributed by atoms with Gasteiger partial charge >= 0.3 is 5.97 Å².